The van der Waals surface area contributed by atoms with E-state index in [1.54, 1.807) is 0 Å². The molecular formula is C13H23N3OS. The van der Waals surface area contributed by atoms with Crippen molar-refractivity contribution in [2.45, 2.75) is 51.0 Å². The molecule has 3 N–H and O–H groups in total. The van der Waals surface area contributed by atoms with Crippen LogP contribution >= 0.6 is 12.2 Å². The zero-order chi connectivity index (χ0) is 13.0. The number of rotatable bonds is 2. The zero-order valence-corrected chi connectivity index (χ0v) is 11.7. The van der Waals surface area contributed by atoms with Crippen LogP contribution in [0.5, 0.6) is 0 Å². The molecule has 102 valence electrons. The van der Waals surface area contributed by atoms with Gasteiger partial charge in [-0.3, -0.25) is 4.79 Å². The van der Waals surface area contributed by atoms with Gasteiger partial charge in [-0.05, 0) is 37.9 Å². The van der Waals surface area contributed by atoms with E-state index >= 15 is 0 Å². The van der Waals surface area contributed by atoms with Crippen molar-refractivity contribution >= 4 is 23.2 Å². The van der Waals surface area contributed by atoms with E-state index in [9.17, 15) is 4.79 Å². The number of thiocarbonyl (C=S) groups is 1. The first kappa shape index (κ1) is 13.6. The molecule has 0 radical (unpaired) electrons. The Kier molecular flexibility index (Phi) is 4.80. The van der Waals surface area contributed by atoms with Crippen molar-refractivity contribution in [3.63, 3.8) is 0 Å². The molecule has 0 aromatic heterocycles. The average molecular weight is 269 g/mol. The number of carbonyl (C=O) groups is 1. The van der Waals surface area contributed by atoms with Gasteiger partial charge in [-0.25, -0.2) is 0 Å². The van der Waals surface area contributed by atoms with Crippen LogP contribution in [0, 0.1) is 5.92 Å². The van der Waals surface area contributed by atoms with E-state index in [1.165, 1.54) is 32.1 Å². The molecule has 0 unspecified atom stereocenters. The molecule has 1 saturated heterocycles. The highest BCUT2D eigenvalue weighted by molar-refractivity contribution is 7.80. The Morgan fingerprint density at radius 3 is 2.28 bits per heavy atom. The number of nitrogens with two attached hydrogens (primary N) is 1. The summed E-state index contributed by atoms with van der Waals surface area (Å²) in [7, 11) is 0. The van der Waals surface area contributed by atoms with Gasteiger partial charge in [0.2, 0.25) is 5.91 Å². The summed E-state index contributed by atoms with van der Waals surface area (Å²) in [4.78, 5) is 13.3. The first-order chi connectivity index (χ1) is 8.66. The number of hydrogen-bond acceptors (Lipinski definition) is 2. The lowest BCUT2D eigenvalue weighted by Gasteiger charge is -2.35. The highest BCUT2D eigenvalue weighted by Crippen LogP contribution is 2.19. The smallest absolute Gasteiger partial charge is 0.220 e. The molecule has 0 spiro atoms. The summed E-state index contributed by atoms with van der Waals surface area (Å²) < 4.78 is 0. The number of hydrogen-bond donors (Lipinski definition) is 2. The molecule has 2 aliphatic rings. The third-order valence-electron chi connectivity index (χ3n) is 4.12. The summed E-state index contributed by atoms with van der Waals surface area (Å²) in [5.41, 5.74) is 5.33. The average Bonchev–Trinajstić information content (AvgIpc) is 2.40. The topological polar surface area (TPSA) is 58.4 Å². The van der Waals surface area contributed by atoms with Crippen molar-refractivity contribution in [3.8, 4) is 0 Å². The van der Waals surface area contributed by atoms with E-state index in [0.29, 0.717) is 6.04 Å². The quantitative estimate of drug-likeness (QED) is 0.744. The van der Waals surface area contributed by atoms with E-state index in [2.05, 4.69) is 10.2 Å². The van der Waals surface area contributed by atoms with Crippen molar-refractivity contribution in [2.24, 2.45) is 11.7 Å². The normalized spacial score (nSPS) is 22.8. The molecule has 2 rings (SSSR count). The zero-order valence-electron chi connectivity index (χ0n) is 10.9. The molecule has 1 amide bonds. The number of piperidine rings is 1. The fourth-order valence-corrected chi connectivity index (χ4v) is 3.23. The molecule has 0 aromatic rings. The highest BCUT2D eigenvalue weighted by atomic mass is 32.1. The van der Waals surface area contributed by atoms with E-state index < -0.39 is 0 Å². The Bertz CT molecular complexity index is 307. The Morgan fingerprint density at radius 2 is 1.72 bits per heavy atom. The molecule has 18 heavy (non-hydrogen) atoms. The first-order valence-electron chi connectivity index (χ1n) is 7.01. The summed E-state index contributed by atoms with van der Waals surface area (Å²) in [6.45, 7) is 1.71. The fraction of sp³-hybridized carbons (Fsp3) is 0.846. The molecule has 0 aromatic carbocycles. The molecule has 1 aliphatic carbocycles. The Hall–Kier alpha value is -0.840. The Morgan fingerprint density at radius 1 is 1.11 bits per heavy atom. The molecule has 1 saturated carbocycles. The van der Waals surface area contributed by atoms with E-state index in [1.807, 2.05) is 0 Å². The highest BCUT2D eigenvalue weighted by Gasteiger charge is 2.25. The second-order valence-electron chi connectivity index (χ2n) is 5.45. The monoisotopic (exact) mass is 269 g/mol. The van der Waals surface area contributed by atoms with Gasteiger partial charge in [0.15, 0.2) is 5.11 Å². The van der Waals surface area contributed by atoms with Crippen LogP contribution < -0.4 is 11.1 Å². The van der Waals surface area contributed by atoms with Gasteiger partial charge in [-0.15, -0.1) is 0 Å². The third-order valence-corrected chi connectivity index (χ3v) is 4.49. The van der Waals surface area contributed by atoms with Crippen molar-refractivity contribution < 1.29 is 4.79 Å². The third kappa shape index (κ3) is 3.57. The predicted molar refractivity (Wildman–Crippen MR) is 76.1 cm³/mol. The lowest BCUT2D eigenvalue weighted by atomic mass is 9.95. The largest absolute Gasteiger partial charge is 0.369 e. The van der Waals surface area contributed by atoms with Gasteiger partial charge in [0.1, 0.15) is 0 Å². The Balaban J connectivity index is 1.75. The molecule has 0 bridgehead atoms. The minimum absolute atomic E-state index is 0.0405. The van der Waals surface area contributed by atoms with Crippen LogP contribution in [0.25, 0.3) is 0 Å². The molecular weight excluding hydrogens is 246 g/mol. The molecule has 1 aliphatic heterocycles. The van der Waals surface area contributed by atoms with Gasteiger partial charge in [-0.2, -0.15) is 0 Å². The standard InChI is InChI=1S/C13H23N3OS/c14-12(17)10-6-8-16(9-7-10)13(18)15-11-4-2-1-3-5-11/h10-11H,1-9H2,(H2,14,17)(H,15,18). The van der Waals surface area contributed by atoms with E-state index in [4.69, 9.17) is 18.0 Å². The predicted octanol–water partition coefficient (Wildman–Crippen LogP) is 1.39. The van der Waals surface area contributed by atoms with Gasteiger partial charge >= 0.3 is 0 Å². The van der Waals surface area contributed by atoms with Crippen molar-refractivity contribution in [3.05, 3.63) is 0 Å². The van der Waals surface area contributed by atoms with E-state index in [0.717, 1.165) is 31.0 Å². The van der Waals surface area contributed by atoms with Crippen LogP contribution in [0.3, 0.4) is 0 Å². The van der Waals surface area contributed by atoms with E-state index in [-0.39, 0.29) is 11.8 Å². The minimum atomic E-state index is -0.166. The second-order valence-corrected chi connectivity index (χ2v) is 5.83. The van der Waals surface area contributed by atoms with Crippen molar-refractivity contribution in [1.82, 2.24) is 10.2 Å². The molecule has 4 nitrogen and oxygen atoms in total. The number of nitrogens with zero attached hydrogens (tertiary/aromatic N) is 1. The lowest BCUT2D eigenvalue weighted by molar-refractivity contribution is -0.122. The van der Waals surface area contributed by atoms with Crippen molar-refractivity contribution in [2.75, 3.05) is 13.1 Å². The fourth-order valence-electron chi connectivity index (χ4n) is 2.88. The first-order valence-corrected chi connectivity index (χ1v) is 7.42. The number of amides is 1. The van der Waals surface area contributed by atoms with Crippen LogP contribution in [0.1, 0.15) is 44.9 Å². The number of likely N-dealkylation sites (tertiary alicyclic amines) is 1. The van der Waals surface area contributed by atoms with Crippen molar-refractivity contribution in [1.29, 1.82) is 0 Å². The SMILES string of the molecule is NC(=O)C1CCN(C(=S)NC2CCCCC2)CC1. The number of primary amides is 1. The summed E-state index contributed by atoms with van der Waals surface area (Å²) in [5, 5.41) is 4.34. The summed E-state index contributed by atoms with van der Waals surface area (Å²) >= 11 is 5.46. The molecule has 2 fully saturated rings. The molecule has 0 atom stereocenters. The summed E-state index contributed by atoms with van der Waals surface area (Å²) in [5.74, 6) is -0.125. The van der Waals surface area contributed by atoms with Gasteiger partial charge in [0.05, 0.1) is 0 Å². The maximum absolute atomic E-state index is 11.1. The lowest BCUT2D eigenvalue weighted by Crippen LogP contribution is -2.49. The van der Waals surface area contributed by atoms with Crippen LogP contribution in [0.2, 0.25) is 0 Å². The Labute approximate surface area is 114 Å². The van der Waals surface area contributed by atoms with Crippen LogP contribution in [-0.4, -0.2) is 35.1 Å². The van der Waals surface area contributed by atoms with Crippen LogP contribution in [-0.2, 0) is 4.79 Å². The van der Waals surface area contributed by atoms with Gasteiger partial charge in [0.25, 0.3) is 0 Å². The van der Waals surface area contributed by atoms with Crippen LogP contribution in [0.4, 0.5) is 0 Å². The number of carbonyl (C=O) groups excluding carboxylic acids is 1. The minimum Gasteiger partial charge on any atom is -0.369 e. The van der Waals surface area contributed by atoms with Crippen LogP contribution in [0.15, 0.2) is 0 Å². The van der Waals surface area contributed by atoms with Gasteiger partial charge in [-0.1, -0.05) is 19.3 Å². The molecule has 5 heteroatoms. The van der Waals surface area contributed by atoms with Gasteiger partial charge < -0.3 is 16.0 Å². The second kappa shape index (κ2) is 6.36. The van der Waals surface area contributed by atoms with Gasteiger partial charge in [0, 0.05) is 25.0 Å². The summed E-state index contributed by atoms with van der Waals surface area (Å²) in [6, 6.07) is 0.556. The maximum Gasteiger partial charge on any atom is 0.220 e. The number of nitrogens with one attached hydrogen (secondary N) is 1. The maximum atomic E-state index is 11.1. The summed E-state index contributed by atoms with van der Waals surface area (Å²) in [6.07, 6.45) is 8.11. The molecule has 1 heterocycles.